The van der Waals surface area contributed by atoms with Gasteiger partial charge in [0.25, 0.3) is 0 Å². The van der Waals surface area contributed by atoms with Crippen LogP contribution in [0.4, 0.5) is 0 Å². The molecule has 0 aromatic heterocycles. The van der Waals surface area contributed by atoms with E-state index in [9.17, 15) is 14.7 Å². The van der Waals surface area contributed by atoms with Gasteiger partial charge in [0, 0.05) is 11.6 Å². The molecule has 4 heteroatoms. The van der Waals surface area contributed by atoms with Crippen LogP contribution in [0.1, 0.15) is 54.4 Å². The summed E-state index contributed by atoms with van der Waals surface area (Å²) in [7, 11) is 0. The highest BCUT2D eigenvalue weighted by Gasteiger charge is 2.30. The van der Waals surface area contributed by atoms with Crippen molar-refractivity contribution < 1.29 is 19.8 Å². The zero-order valence-corrected chi connectivity index (χ0v) is 12.8. The van der Waals surface area contributed by atoms with E-state index in [-0.39, 0.29) is 22.3 Å². The van der Waals surface area contributed by atoms with Crippen LogP contribution in [0, 0.1) is 16.7 Å². The van der Waals surface area contributed by atoms with Gasteiger partial charge in [-0.25, -0.2) is 9.59 Å². The summed E-state index contributed by atoms with van der Waals surface area (Å²) in [5.74, 6) is -2.60. The molecule has 0 rings (SSSR count). The van der Waals surface area contributed by atoms with Gasteiger partial charge in [-0.05, 0) is 29.6 Å². The molecule has 0 aliphatic heterocycles. The lowest BCUT2D eigenvalue weighted by Gasteiger charge is -2.31. The van der Waals surface area contributed by atoms with Gasteiger partial charge in [-0.15, -0.1) is 0 Å². The summed E-state index contributed by atoms with van der Waals surface area (Å²) in [5.41, 5.74) is -0.108. The smallest absolute Gasteiger partial charge is 0.332 e. The van der Waals surface area contributed by atoms with Crippen LogP contribution in [-0.2, 0) is 9.59 Å². The molecule has 0 saturated carbocycles. The summed E-state index contributed by atoms with van der Waals surface area (Å²) in [6.45, 7) is 12.2. The first kappa shape index (κ1) is 17.7. The van der Waals surface area contributed by atoms with E-state index < -0.39 is 11.9 Å². The molecule has 0 bridgehead atoms. The number of hydrogen-bond donors (Lipinski definition) is 2. The second kappa shape index (κ2) is 6.22. The number of carboxylic acids is 2. The SMILES string of the molecule is CC(C)(C)CC(CC(C)(C)C)C(=CC(=O)O)C(=O)O. The highest BCUT2D eigenvalue weighted by atomic mass is 16.4. The molecule has 0 spiro atoms. The Balaban J connectivity index is 5.41. The van der Waals surface area contributed by atoms with Gasteiger partial charge in [0.2, 0.25) is 0 Å². The molecule has 0 fully saturated rings. The molecule has 0 saturated heterocycles. The van der Waals surface area contributed by atoms with E-state index in [1.807, 2.05) is 41.5 Å². The molecular formula is C15H26O4. The molecule has 2 N–H and O–H groups in total. The van der Waals surface area contributed by atoms with Crippen molar-refractivity contribution in [3.63, 3.8) is 0 Å². The zero-order valence-electron chi connectivity index (χ0n) is 12.8. The van der Waals surface area contributed by atoms with Crippen LogP contribution in [0.5, 0.6) is 0 Å². The lowest BCUT2D eigenvalue weighted by Crippen LogP contribution is -2.24. The molecule has 0 amide bonds. The fourth-order valence-electron chi connectivity index (χ4n) is 2.26. The van der Waals surface area contributed by atoms with Gasteiger partial charge >= 0.3 is 11.9 Å². The van der Waals surface area contributed by atoms with Crippen LogP contribution < -0.4 is 0 Å². The van der Waals surface area contributed by atoms with Gasteiger partial charge in [0.05, 0.1) is 0 Å². The fourth-order valence-corrected chi connectivity index (χ4v) is 2.26. The third-order valence-corrected chi connectivity index (χ3v) is 2.68. The molecule has 0 aromatic rings. The first-order chi connectivity index (χ1) is 8.32. The van der Waals surface area contributed by atoms with Gasteiger partial charge < -0.3 is 10.2 Å². The Morgan fingerprint density at radius 1 is 0.947 bits per heavy atom. The van der Waals surface area contributed by atoms with E-state index in [1.165, 1.54) is 0 Å². The number of hydrogen-bond acceptors (Lipinski definition) is 2. The summed E-state index contributed by atoms with van der Waals surface area (Å²) < 4.78 is 0. The van der Waals surface area contributed by atoms with Crippen molar-refractivity contribution in [2.45, 2.75) is 54.4 Å². The zero-order chi connectivity index (χ0) is 15.4. The number of aliphatic carboxylic acids is 2. The second-order valence-electron chi connectivity index (χ2n) is 7.47. The molecule has 0 atom stereocenters. The van der Waals surface area contributed by atoms with Crippen LogP contribution >= 0.6 is 0 Å². The highest BCUT2D eigenvalue weighted by Crippen LogP contribution is 2.37. The minimum absolute atomic E-state index is 0.00245. The van der Waals surface area contributed by atoms with E-state index >= 15 is 0 Å². The van der Waals surface area contributed by atoms with E-state index in [0.717, 1.165) is 6.08 Å². The van der Waals surface area contributed by atoms with E-state index in [1.54, 1.807) is 0 Å². The predicted molar refractivity (Wildman–Crippen MR) is 75.0 cm³/mol. The third kappa shape index (κ3) is 8.41. The standard InChI is InChI=1S/C15H26O4/c1-14(2,3)8-10(9-15(4,5)6)11(13(18)19)7-12(16)17/h7,10H,8-9H2,1-6H3,(H,16,17)(H,18,19). The predicted octanol–water partition coefficient (Wildman–Crippen LogP) is 3.57. The molecule has 0 aliphatic rings. The Morgan fingerprint density at radius 2 is 1.32 bits per heavy atom. The Hall–Kier alpha value is -1.32. The monoisotopic (exact) mass is 270 g/mol. The summed E-state index contributed by atoms with van der Waals surface area (Å²) in [4.78, 5) is 22.1. The topological polar surface area (TPSA) is 74.6 Å². The van der Waals surface area contributed by atoms with Gasteiger partial charge in [-0.3, -0.25) is 0 Å². The normalized spacial score (nSPS) is 13.7. The Kier molecular flexibility index (Phi) is 5.79. The van der Waals surface area contributed by atoms with Crippen molar-refractivity contribution in [2.75, 3.05) is 0 Å². The van der Waals surface area contributed by atoms with Crippen molar-refractivity contribution in [2.24, 2.45) is 16.7 Å². The second-order valence-corrected chi connectivity index (χ2v) is 7.47. The first-order valence-corrected chi connectivity index (χ1v) is 6.50. The lowest BCUT2D eigenvalue weighted by atomic mass is 9.73. The van der Waals surface area contributed by atoms with Crippen LogP contribution in [0.3, 0.4) is 0 Å². The maximum Gasteiger partial charge on any atom is 0.332 e. The fraction of sp³-hybridized carbons (Fsp3) is 0.733. The number of rotatable bonds is 5. The van der Waals surface area contributed by atoms with Crippen LogP contribution in [0.15, 0.2) is 11.6 Å². The summed E-state index contributed by atoms with van der Waals surface area (Å²) in [6, 6.07) is 0. The van der Waals surface area contributed by atoms with Crippen molar-refractivity contribution in [3.8, 4) is 0 Å². The van der Waals surface area contributed by atoms with Crippen molar-refractivity contribution in [1.82, 2.24) is 0 Å². The molecule has 110 valence electrons. The maximum absolute atomic E-state index is 11.3. The molecule has 0 aromatic carbocycles. The Morgan fingerprint density at radius 3 is 1.53 bits per heavy atom. The van der Waals surface area contributed by atoms with Gasteiger partial charge in [0.15, 0.2) is 0 Å². The average Bonchev–Trinajstić information content (AvgIpc) is 2.07. The minimum Gasteiger partial charge on any atom is -0.478 e. The summed E-state index contributed by atoms with van der Waals surface area (Å²) >= 11 is 0. The molecule has 0 aliphatic carbocycles. The van der Waals surface area contributed by atoms with E-state index in [4.69, 9.17) is 5.11 Å². The summed E-state index contributed by atoms with van der Waals surface area (Å²) in [6.07, 6.45) is 2.13. The largest absolute Gasteiger partial charge is 0.478 e. The molecule has 4 nitrogen and oxygen atoms in total. The van der Waals surface area contributed by atoms with Crippen LogP contribution in [-0.4, -0.2) is 22.2 Å². The van der Waals surface area contributed by atoms with Crippen LogP contribution in [0.2, 0.25) is 0 Å². The molecule has 0 unspecified atom stereocenters. The van der Waals surface area contributed by atoms with Crippen LogP contribution in [0.25, 0.3) is 0 Å². The molecule has 19 heavy (non-hydrogen) atoms. The van der Waals surface area contributed by atoms with Gasteiger partial charge in [0.1, 0.15) is 0 Å². The van der Waals surface area contributed by atoms with Gasteiger partial charge in [-0.1, -0.05) is 41.5 Å². The van der Waals surface area contributed by atoms with Crippen molar-refractivity contribution in [3.05, 3.63) is 11.6 Å². The molecule has 0 heterocycles. The van der Waals surface area contributed by atoms with E-state index in [0.29, 0.717) is 12.8 Å². The molecule has 0 radical (unpaired) electrons. The summed E-state index contributed by atoms with van der Waals surface area (Å²) in [5, 5.41) is 18.1. The average molecular weight is 270 g/mol. The lowest BCUT2D eigenvalue weighted by molar-refractivity contribution is -0.135. The first-order valence-electron chi connectivity index (χ1n) is 6.50. The number of carboxylic acid groups (broad SMARTS) is 2. The third-order valence-electron chi connectivity index (χ3n) is 2.68. The highest BCUT2D eigenvalue weighted by molar-refractivity contribution is 5.95. The van der Waals surface area contributed by atoms with Crippen molar-refractivity contribution in [1.29, 1.82) is 0 Å². The molecular weight excluding hydrogens is 244 g/mol. The van der Waals surface area contributed by atoms with E-state index in [2.05, 4.69) is 0 Å². The quantitative estimate of drug-likeness (QED) is 0.749. The minimum atomic E-state index is -1.20. The van der Waals surface area contributed by atoms with Gasteiger partial charge in [-0.2, -0.15) is 0 Å². The number of carbonyl (C=O) groups is 2. The van der Waals surface area contributed by atoms with Crippen molar-refractivity contribution >= 4 is 11.9 Å². The maximum atomic E-state index is 11.3. The Labute approximate surface area is 115 Å². The Bertz CT molecular complexity index is 351.